The van der Waals surface area contributed by atoms with Crippen molar-refractivity contribution in [1.29, 1.82) is 0 Å². The summed E-state index contributed by atoms with van der Waals surface area (Å²) in [5, 5.41) is 2.79. The standard InChI is InChI=1S/C15H19BrN2O2/c1-9-7-10(5-6-11(9)16)18-8-12(19)17-13(14(18)20)15(2,3)4/h5-7,13H,8H2,1-4H3,(H,17,19). The van der Waals surface area contributed by atoms with Gasteiger partial charge in [0.1, 0.15) is 12.6 Å². The lowest BCUT2D eigenvalue weighted by atomic mass is 9.84. The number of piperazine rings is 1. The Balaban J connectivity index is 2.37. The van der Waals surface area contributed by atoms with E-state index in [4.69, 9.17) is 0 Å². The summed E-state index contributed by atoms with van der Waals surface area (Å²) in [6.07, 6.45) is 0. The van der Waals surface area contributed by atoms with Gasteiger partial charge in [-0.25, -0.2) is 0 Å². The molecule has 2 amide bonds. The molecule has 108 valence electrons. The number of nitrogens with zero attached hydrogens (tertiary/aromatic N) is 1. The number of halogens is 1. The Morgan fingerprint density at radius 2 is 1.95 bits per heavy atom. The SMILES string of the molecule is Cc1cc(N2CC(=O)NC(C(C)(C)C)C2=O)ccc1Br. The first-order chi connectivity index (χ1) is 9.20. The predicted octanol–water partition coefficient (Wildman–Crippen LogP) is 2.64. The highest BCUT2D eigenvalue weighted by atomic mass is 79.9. The number of hydrogen-bond donors (Lipinski definition) is 1. The maximum atomic E-state index is 12.6. The fourth-order valence-electron chi connectivity index (χ4n) is 2.25. The number of anilines is 1. The van der Waals surface area contributed by atoms with E-state index in [-0.39, 0.29) is 23.8 Å². The average molecular weight is 339 g/mol. The molecule has 1 unspecified atom stereocenters. The molecule has 2 rings (SSSR count). The molecule has 1 N–H and O–H groups in total. The predicted molar refractivity (Wildman–Crippen MR) is 82.6 cm³/mol. The zero-order chi connectivity index (χ0) is 15.1. The van der Waals surface area contributed by atoms with Crippen LogP contribution in [0.4, 0.5) is 5.69 Å². The summed E-state index contributed by atoms with van der Waals surface area (Å²) in [4.78, 5) is 26.1. The minimum Gasteiger partial charge on any atom is -0.342 e. The van der Waals surface area contributed by atoms with Crippen molar-refractivity contribution < 1.29 is 9.59 Å². The Hall–Kier alpha value is -1.36. The topological polar surface area (TPSA) is 49.4 Å². The highest BCUT2D eigenvalue weighted by molar-refractivity contribution is 9.10. The van der Waals surface area contributed by atoms with Gasteiger partial charge in [0.2, 0.25) is 5.91 Å². The highest BCUT2D eigenvalue weighted by Gasteiger charge is 2.40. The van der Waals surface area contributed by atoms with Gasteiger partial charge in [-0.3, -0.25) is 9.59 Å². The fourth-order valence-corrected chi connectivity index (χ4v) is 2.49. The lowest BCUT2D eigenvalue weighted by Gasteiger charge is -2.39. The molecule has 0 aromatic heterocycles. The maximum Gasteiger partial charge on any atom is 0.250 e. The number of benzene rings is 1. The van der Waals surface area contributed by atoms with E-state index in [0.29, 0.717) is 0 Å². The Labute approximate surface area is 127 Å². The van der Waals surface area contributed by atoms with Crippen molar-refractivity contribution in [1.82, 2.24) is 5.32 Å². The second-order valence-electron chi connectivity index (χ2n) is 6.22. The molecule has 0 radical (unpaired) electrons. The summed E-state index contributed by atoms with van der Waals surface area (Å²) in [5.74, 6) is -0.177. The summed E-state index contributed by atoms with van der Waals surface area (Å²) in [5.41, 5.74) is 1.49. The molecule has 0 bridgehead atoms. The molecule has 1 aromatic carbocycles. The van der Waals surface area contributed by atoms with Gasteiger partial charge in [0.25, 0.3) is 5.91 Å². The zero-order valence-electron chi connectivity index (χ0n) is 12.2. The molecule has 1 atom stereocenters. The van der Waals surface area contributed by atoms with Crippen LogP contribution in [0.15, 0.2) is 22.7 Å². The smallest absolute Gasteiger partial charge is 0.250 e. The van der Waals surface area contributed by atoms with Gasteiger partial charge in [0.15, 0.2) is 0 Å². The third-order valence-electron chi connectivity index (χ3n) is 3.44. The van der Waals surface area contributed by atoms with E-state index in [0.717, 1.165) is 15.7 Å². The van der Waals surface area contributed by atoms with Crippen LogP contribution in [0.3, 0.4) is 0 Å². The molecular weight excluding hydrogens is 320 g/mol. The number of rotatable bonds is 1. The van der Waals surface area contributed by atoms with Crippen molar-refractivity contribution in [2.24, 2.45) is 5.41 Å². The molecule has 4 nitrogen and oxygen atoms in total. The summed E-state index contributed by atoms with van der Waals surface area (Å²) in [6, 6.07) is 5.18. The summed E-state index contributed by atoms with van der Waals surface area (Å²) < 4.78 is 0.988. The van der Waals surface area contributed by atoms with Crippen LogP contribution in [0.1, 0.15) is 26.3 Å². The van der Waals surface area contributed by atoms with Crippen LogP contribution in [0.2, 0.25) is 0 Å². The van der Waals surface area contributed by atoms with E-state index >= 15 is 0 Å². The summed E-state index contributed by atoms with van der Waals surface area (Å²) in [7, 11) is 0. The Bertz CT molecular complexity index is 563. The van der Waals surface area contributed by atoms with Crippen molar-refractivity contribution >= 4 is 33.4 Å². The number of carbonyl (C=O) groups excluding carboxylic acids is 2. The summed E-state index contributed by atoms with van der Waals surface area (Å²) in [6.45, 7) is 7.89. The molecule has 0 saturated carbocycles. The number of nitrogens with one attached hydrogen (secondary N) is 1. The Kier molecular flexibility index (Phi) is 3.91. The number of hydrogen-bond acceptors (Lipinski definition) is 2. The van der Waals surface area contributed by atoms with Crippen LogP contribution in [-0.2, 0) is 9.59 Å². The number of carbonyl (C=O) groups is 2. The largest absolute Gasteiger partial charge is 0.342 e. The van der Waals surface area contributed by atoms with E-state index in [1.54, 1.807) is 4.90 Å². The minimum atomic E-state index is -0.493. The molecule has 5 heteroatoms. The van der Waals surface area contributed by atoms with Gasteiger partial charge in [-0.1, -0.05) is 36.7 Å². The zero-order valence-corrected chi connectivity index (χ0v) is 13.7. The van der Waals surface area contributed by atoms with E-state index < -0.39 is 6.04 Å². The normalized spacial score (nSPS) is 20.1. The van der Waals surface area contributed by atoms with E-state index in [2.05, 4.69) is 21.2 Å². The van der Waals surface area contributed by atoms with Crippen molar-refractivity contribution in [3.05, 3.63) is 28.2 Å². The highest BCUT2D eigenvalue weighted by Crippen LogP contribution is 2.28. The second kappa shape index (κ2) is 5.20. The number of aryl methyl sites for hydroxylation is 1. The van der Waals surface area contributed by atoms with Crippen LogP contribution in [0.25, 0.3) is 0 Å². The maximum absolute atomic E-state index is 12.6. The van der Waals surface area contributed by atoms with Gasteiger partial charge < -0.3 is 10.2 Å². The Morgan fingerprint density at radius 1 is 1.30 bits per heavy atom. The van der Waals surface area contributed by atoms with Crippen molar-refractivity contribution in [3.8, 4) is 0 Å². The van der Waals surface area contributed by atoms with E-state index in [9.17, 15) is 9.59 Å². The molecule has 1 heterocycles. The molecule has 20 heavy (non-hydrogen) atoms. The van der Waals surface area contributed by atoms with Gasteiger partial charge in [0, 0.05) is 10.2 Å². The van der Waals surface area contributed by atoms with Gasteiger partial charge in [-0.15, -0.1) is 0 Å². The van der Waals surface area contributed by atoms with Crippen LogP contribution >= 0.6 is 15.9 Å². The molecule has 0 spiro atoms. The molecule has 1 fully saturated rings. The quantitative estimate of drug-likeness (QED) is 0.855. The first kappa shape index (κ1) is 15.0. The minimum absolute atomic E-state index is 0.0566. The molecule has 1 aliphatic heterocycles. The summed E-state index contributed by atoms with van der Waals surface area (Å²) >= 11 is 3.44. The molecule has 1 aliphatic rings. The lowest BCUT2D eigenvalue weighted by Crippen LogP contribution is -2.62. The first-order valence-electron chi connectivity index (χ1n) is 6.57. The average Bonchev–Trinajstić information content (AvgIpc) is 2.34. The van der Waals surface area contributed by atoms with Crippen LogP contribution in [-0.4, -0.2) is 24.4 Å². The number of amides is 2. The third kappa shape index (κ3) is 2.87. The van der Waals surface area contributed by atoms with E-state index in [1.807, 2.05) is 45.9 Å². The van der Waals surface area contributed by atoms with Crippen LogP contribution in [0, 0.1) is 12.3 Å². The molecule has 1 aromatic rings. The molecule has 1 saturated heterocycles. The third-order valence-corrected chi connectivity index (χ3v) is 4.33. The second-order valence-corrected chi connectivity index (χ2v) is 7.08. The van der Waals surface area contributed by atoms with Crippen molar-refractivity contribution in [2.45, 2.75) is 33.7 Å². The first-order valence-corrected chi connectivity index (χ1v) is 7.36. The van der Waals surface area contributed by atoms with Gasteiger partial charge >= 0.3 is 0 Å². The van der Waals surface area contributed by atoms with Crippen LogP contribution in [0.5, 0.6) is 0 Å². The molecule has 0 aliphatic carbocycles. The van der Waals surface area contributed by atoms with Crippen molar-refractivity contribution in [2.75, 3.05) is 11.4 Å². The fraction of sp³-hybridized carbons (Fsp3) is 0.467. The molecular formula is C15H19BrN2O2. The van der Waals surface area contributed by atoms with Gasteiger partial charge in [-0.2, -0.15) is 0 Å². The van der Waals surface area contributed by atoms with Gasteiger partial charge in [0.05, 0.1) is 0 Å². The monoisotopic (exact) mass is 338 g/mol. The van der Waals surface area contributed by atoms with Crippen LogP contribution < -0.4 is 10.2 Å². The lowest BCUT2D eigenvalue weighted by molar-refractivity contribution is -0.133. The van der Waals surface area contributed by atoms with Gasteiger partial charge in [-0.05, 0) is 36.1 Å². The van der Waals surface area contributed by atoms with Crippen molar-refractivity contribution in [3.63, 3.8) is 0 Å². The van der Waals surface area contributed by atoms with E-state index in [1.165, 1.54) is 0 Å². The Morgan fingerprint density at radius 3 is 2.50 bits per heavy atom.